The molecule has 0 fully saturated rings. The van der Waals surface area contributed by atoms with Gasteiger partial charge in [0.05, 0.1) is 0 Å². The van der Waals surface area contributed by atoms with Gasteiger partial charge < -0.3 is 15.6 Å². The fraction of sp³-hybridized carbons (Fsp3) is 0.333. The minimum atomic E-state index is 0. The van der Waals surface area contributed by atoms with E-state index in [0.717, 1.165) is 38.4 Å². The van der Waals surface area contributed by atoms with Gasteiger partial charge >= 0.3 is 0 Å². The lowest BCUT2D eigenvalue weighted by Crippen LogP contribution is -2.38. The second-order valence-electron chi connectivity index (χ2n) is 6.35. The zero-order valence-corrected chi connectivity index (χ0v) is 18.3. The van der Waals surface area contributed by atoms with E-state index in [2.05, 4.69) is 71.0 Å². The van der Waals surface area contributed by atoms with Crippen molar-refractivity contribution in [2.24, 2.45) is 4.99 Å². The Kier molecular flexibility index (Phi) is 8.57. The third kappa shape index (κ3) is 5.95. The van der Waals surface area contributed by atoms with Crippen LogP contribution in [0.15, 0.2) is 53.9 Å². The highest BCUT2D eigenvalue weighted by atomic mass is 127. The molecule has 0 unspecified atom stereocenters. The van der Waals surface area contributed by atoms with Gasteiger partial charge in [0.2, 0.25) is 0 Å². The second-order valence-corrected chi connectivity index (χ2v) is 6.35. The summed E-state index contributed by atoms with van der Waals surface area (Å²) < 4.78 is 0. The molecule has 0 saturated carbocycles. The molecule has 0 radical (unpaired) electrons. The quantitative estimate of drug-likeness (QED) is 0.275. The molecule has 0 aliphatic heterocycles. The van der Waals surface area contributed by atoms with Crippen molar-refractivity contribution < 1.29 is 0 Å². The van der Waals surface area contributed by atoms with Crippen molar-refractivity contribution in [3.05, 3.63) is 65.6 Å². The molecule has 0 atom stereocenters. The van der Waals surface area contributed by atoms with Crippen LogP contribution < -0.4 is 10.6 Å². The number of aromatic nitrogens is 2. The number of pyridine rings is 1. The van der Waals surface area contributed by atoms with E-state index in [0.29, 0.717) is 0 Å². The van der Waals surface area contributed by atoms with Gasteiger partial charge in [0.1, 0.15) is 0 Å². The number of aromatic amines is 1. The molecule has 3 N–H and O–H groups in total. The summed E-state index contributed by atoms with van der Waals surface area (Å²) in [5, 5.41) is 8.05. The lowest BCUT2D eigenvalue weighted by atomic mass is 10.1. The second kappa shape index (κ2) is 10.9. The minimum absolute atomic E-state index is 0. The van der Waals surface area contributed by atoms with E-state index in [1.54, 1.807) is 0 Å². The highest BCUT2D eigenvalue weighted by Crippen LogP contribution is 2.17. The van der Waals surface area contributed by atoms with Crippen LogP contribution in [0, 0.1) is 6.92 Å². The number of hydrogen-bond acceptors (Lipinski definition) is 2. The molecular weight excluding hydrogens is 449 g/mol. The molecule has 0 bridgehead atoms. The summed E-state index contributed by atoms with van der Waals surface area (Å²) in [7, 11) is 0. The predicted molar refractivity (Wildman–Crippen MR) is 124 cm³/mol. The topological polar surface area (TPSA) is 65.1 Å². The monoisotopic (exact) mass is 477 g/mol. The summed E-state index contributed by atoms with van der Waals surface area (Å²) in [6.07, 6.45) is 7.73. The number of rotatable bonds is 7. The fourth-order valence-corrected chi connectivity index (χ4v) is 3.07. The largest absolute Gasteiger partial charge is 0.361 e. The number of fused-ring (bicyclic) bond motifs is 1. The summed E-state index contributed by atoms with van der Waals surface area (Å²) >= 11 is 0. The fourth-order valence-electron chi connectivity index (χ4n) is 3.07. The van der Waals surface area contributed by atoms with Gasteiger partial charge in [0.15, 0.2) is 5.96 Å². The molecule has 0 spiro atoms. The Morgan fingerprint density at radius 3 is 2.78 bits per heavy atom. The van der Waals surface area contributed by atoms with Crippen molar-refractivity contribution in [1.82, 2.24) is 20.6 Å². The number of nitrogens with zero attached hydrogens (tertiary/aromatic N) is 2. The van der Waals surface area contributed by atoms with Crippen molar-refractivity contribution in [3.8, 4) is 0 Å². The van der Waals surface area contributed by atoms with E-state index in [4.69, 9.17) is 4.99 Å². The van der Waals surface area contributed by atoms with Crippen molar-refractivity contribution in [1.29, 1.82) is 0 Å². The first-order valence-electron chi connectivity index (χ1n) is 9.24. The van der Waals surface area contributed by atoms with Gasteiger partial charge in [-0.25, -0.2) is 0 Å². The van der Waals surface area contributed by atoms with E-state index < -0.39 is 0 Å². The minimum Gasteiger partial charge on any atom is -0.361 e. The Bertz CT molecular complexity index is 872. The van der Waals surface area contributed by atoms with Gasteiger partial charge in [-0.3, -0.25) is 9.98 Å². The van der Waals surface area contributed by atoms with E-state index in [-0.39, 0.29) is 24.0 Å². The molecule has 0 aliphatic rings. The highest BCUT2D eigenvalue weighted by Gasteiger charge is 2.04. The number of aryl methyl sites for hydroxylation is 1. The van der Waals surface area contributed by atoms with Crippen molar-refractivity contribution in [2.75, 3.05) is 19.6 Å². The molecule has 0 amide bonds. The summed E-state index contributed by atoms with van der Waals surface area (Å²) in [6.45, 7) is 6.64. The van der Waals surface area contributed by atoms with Crippen LogP contribution in [-0.4, -0.2) is 35.6 Å². The van der Waals surface area contributed by atoms with Gasteiger partial charge in [0, 0.05) is 49.1 Å². The zero-order valence-electron chi connectivity index (χ0n) is 16.0. The van der Waals surface area contributed by atoms with E-state index in [1.807, 2.05) is 12.4 Å². The standard InChI is InChI=1S/C21H27N5.HI/c1-3-23-21(24-12-9-17-8-11-22-14-16(17)2)25-13-10-18-15-26-20-7-5-4-6-19(18)20;/h4-8,11,14-15,26H,3,9-10,12-13H2,1-2H3,(H2,23,24,25);1H. The molecule has 27 heavy (non-hydrogen) atoms. The van der Waals surface area contributed by atoms with E-state index in [1.165, 1.54) is 27.6 Å². The van der Waals surface area contributed by atoms with Gasteiger partial charge in [-0.1, -0.05) is 18.2 Å². The van der Waals surface area contributed by atoms with Gasteiger partial charge in [-0.05, 0) is 55.5 Å². The number of guanidine groups is 1. The molecule has 2 aromatic heterocycles. The molecule has 2 heterocycles. The third-order valence-corrected chi connectivity index (χ3v) is 4.49. The van der Waals surface area contributed by atoms with Crippen LogP contribution >= 0.6 is 24.0 Å². The predicted octanol–water partition coefficient (Wildman–Crippen LogP) is 3.83. The number of aliphatic imine (C=N–C) groups is 1. The lowest BCUT2D eigenvalue weighted by molar-refractivity contribution is 0.798. The molecule has 3 rings (SSSR count). The maximum absolute atomic E-state index is 4.70. The van der Waals surface area contributed by atoms with Crippen LogP contribution in [0.5, 0.6) is 0 Å². The van der Waals surface area contributed by atoms with Crippen molar-refractivity contribution in [2.45, 2.75) is 26.7 Å². The van der Waals surface area contributed by atoms with Crippen molar-refractivity contribution >= 4 is 40.8 Å². The molecule has 1 aromatic carbocycles. The van der Waals surface area contributed by atoms with E-state index in [9.17, 15) is 0 Å². The first-order chi connectivity index (χ1) is 12.8. The maximum atomic E-state index is 4.70. The molecular formula is C21H28IN5. The highest BCUT2D eigenvalue weighted by molar-refractivity contribution is 14.0. The number of benzene rings is 1. The average molecular weight is 477 g/mol. The summed E-state index contributed by atoms with van der Waals surface area (Å²) in [5.74, 6) is 0.874. The smallest absolute Gasteiger partial charge is 0.191 e. The van der Waals surface area contributed by atoms with Crippen LogP contribution in [0.3, 0.4) is 0 Å². The SMILES string of the molecule is CCNC(=NCCc1ccncc1C)NCCc1c[nH]c2ccccc12.I. The van der Waals surface area contributed by atoms with Gasteiger partial charge in [-0.2, -0.15) is 0 Å². The van der Waals surface area contributed by atoms with Gasteiger partial charge in [0.25, 0.3) is 0 Å². The summed E-state index contributed by atoms with van der Waals surface area (Å²) in [6, 6.07) is 10.5. The molecule has 3 aromatic rings. The third-order valence-electron chi connectivity index (χ3n) is 4.49. The molecule has 0 aliphatic carbocycles. The van der Waals surface area contributed by atoms with Crippen molar-refractivity contribution in [3.63, 3.8) is 0 Å². The number of halogens is 1. The van der Waals surface area contributed by atoms with Crippen LogP contribution in [0.2, 0.25) is 0 Å². The number of nitrogens with one attached hydrogen (secondary N) is 3. The molecule has 5 nitrogen and oxygen atoms in total. The average Bonchev–Trinajstić information content (AvgIpc) is 3.07. The van der Waals surface area contributed by atoms with Crippen LogP contribution in [0.25, 0.3) is 10.9 Å². The van der Waals surface area contributed by atoms with E-state index >= 15 is 0 Å². The van der Waals surface area contributed by atoms with Crippen LogP contribution in [0.4, 0.5) is 0 Å². The molecule has 6 heteroatoms. The van der Waals surface area contributed by atoms with Crippen LogP contribution in [0.1, 0.15) is 23.6 Å². The Labute approximate surface area is 178 Å². The number of H-pyrrole nitrogens is 1. The maximum Gasteiger partial charge on any atom is 0.191 e. The number of hydrogen-bond donors (Lipinski definition) is 3. The first-order valence-corrected chi connectivity index (χ1v) is 9.24. The Morgan fingerprint density at radius 2 is 1.96 bits per heavy atom. The molecule has 0 saturated heterocycles. The number of para-hydroxylation sites is 1. The Morgan fingerprint density at radius 1 is 1.11 bits per heavy atom. The first kappa shape index (κ1) is 21.2. The Hall–Kier alpha value is -2.09. The molecule has 144 valence electrons. The normalized spacial score (nSPS) is 11.3. The Balaban J connectivity index is 0.00000261. The zero-order chi connectivity index (χ0) is 18.2. The lowest BCUT2D eigenvalue weighted by Gasteiger charge is -2.11. The summed E-state index contributed by atoms with van der Waals surface area (Å²) in [5.41, 5.74) is 5.05. The van der Waals surface area contributed by atoms with Gasteiger partial charge in [-0.15, -0.1) is 24.0 Å². The summed E-state index contributed by atoms with van der Waals surface area (Å²) in [4.78, 5) is 12.2. The van der Waals surface area contributed by atoms with Crippen LogP contribution in [-0.2, 0) is 12.8 Å².